The predicted molar refractivity (Wildman–Crippen MR) is 138 cm³/mol. The van der Waals surface area contributed by atoms with Gasteiger partial charge < -0.3 is 4.74 Å². The minimum absolute atomic E-state index is 0.136. The minimum atomic E-state index is -0.233. The van der Waals surface area contributed by atoms with Crippen LogP contribution in [0.15, 0.2) is 70.9 Å². The van der Waals surface area contributed by atoms with Gasteiger partial charge in [0.2, 0.25) is 0 Å². The highest BCUT2D eigenvalue weighted by molar-refractivity contribution is 7.99. The van der Waals surface area contributed by atoms with Gasteiger partial charge in [0.15, 0.2) is 11.0 Å². The Morgan fingerprint density at radius 1 is 1.15 bits per heavy atom. The van der Waals surface area contributed by atoms with E-state index >= 15 is 0 Å². The van der Waals surface area contributed by atoms with Crippen molar-refractivity contribution in [2.45, 2.75) is 19.0 Å². The number of hydrogen-bond donors (Lipinski definition) is 1. The van der Waals surface area contributed by atoms with Gasteiger partial charge in [-0.25, -0.2) is 5.43 Å². The molecule has 10 heteroatoms. The van der Waals surface area contributed by atoms with Crippen LogP contribution in [0.1, 0.15) is 16.7 Å². The predicted octanol–water partition coefficient (Wildman–Crippen LogP) is 5.60. The van der Waals surface area contributed by atoms with Crippen LogP contribution in [0.4, 0.5) is 0 Å². The number of halogens is 1. The lowest BCUT2D eigenvalue weighted by molar-refractivity contribution is -0.118. The molecule has 0 aliphatic rings. The molecule has 174 valence electrons. The number of thiophene rings is 1. The number of aryl methyl sites for hydroxylation is 1. The van der Waals surface area contributed by atoms with Gasteiger partial charge in [0.05, 0.1) is 18.6 Å². The topological polar surface area (TPSA) is 81.4 Å². The zero-order valence-corrected chi connectivity index (χ0v) is 21.0. The van der Waals surface area contributed by atoms with Gasteiger partial charge in [-0.2, -0.15) is 5.10 Å². The monoisotopic (exact) mass is 511 g/mol. The fourth-order valence-corrected chi connectivity index (χ4v) is 4.71. The summed E-state index contributed by atoms with van der Waals surface area (Å²) in [5.41, 5.74) is 4.28. The number of hydrazone groups is 1. The average molecular weight is 512 g/mol. The van der Waals surface area contributed by atoms with Gasteiger partial charge in [0, 0.05) is 26.0 Å². The van der Waals surface area contributed by atoms with Crippen molar-refractivity contribution in [3.05, 3.63) is 75.4 Å². The van der Waals surface area contributed by atoms with E-state index in [1.54, 1.807) is 29.7 Å². The summed E-state index contributed by atoms with van der Waals surface area (Å²) in [6.07, 6.45) is 1.64. The van der Waals surface area contributed by atoms with Gasteiger partial charge in [-0.15, -0.1) is 21.5 Å². The highest BCUT2D eigenvalue weighted by Gasteiger charge is 2.17. The quantitative estimate of drug-likeness (QED) is 0.180. The van der Waals surface area contributed by atoms with Crippen molar-refractivity contribution in [1.82, 2.24) is 20.2 Å². The molecule has 0 unspecified atom stereocenters. The molecule has 1 N–H and O–H groups in total. The molecular weight excluding hydrogens is 490 g/mol. The summed E-state index contributed by atoms with van der Waals surface area (Å²) in [5.74, 6) is 1.33. The maximum atomic E-state index is 12.4. The molecule has 0 saturated heterocycles. The van der Waals surface area contributed by atoms with Crippen LogP contribution < -0.4 is 10.2 Å². The molecule has 0 aliphatic heterocycles. The Morgan fingerprint density at radius 3 is 2.59 bits per heavy atom. The second-order valence-electron chi connectivity index (χ2n) is 7.11. The van der Waals surface area contributed by atoms with Gasteiger partial charge >= 0.3 is 0 Å². The first-order valence-electron chi connectivity index (χ1n) is 10.5. The first kappa shape index (κ1) is 24.0. The van der Waals surface area contributed by atoms with E-state index in [-0.39, 0.29) is 11.7 Å². The first-order valence-corrected chi connectivity index (χ1v) is 12.7. The van der Waals surface area contributed by atoms with Crippen LogP contribution in [0, 0.1) is 6.92 Å². The van der Waals surface area contributed by atoms with Crippen LogP contribution in [0.5, 0.6) is 5.75 Å². The Hall–Kier alpha value is -3.14. The second kappa shape index (κ2) is 11.3. The molecule has 0 spiro atoms. The molecule has 2 aromatic heterocycles. The second-order valence-corrected chi connectivity index (χ2v) is 9.80. The summed E-state index contributed by atoms with van der Waals surface area (Å²) in [7, 11) is 0. The molecule has 2 aromatic carbocycles. The third-order valence-electron chi connectivity index (χ3n) is 4.62. The van der Waals surface area contributed by atoms with Crippen LogP contribution in [0.25, 0.3) is 17.1 Å². The molecule has 0 atom stereocenters. The number of benzene rings is 2. The number of rotatable bonds is 9. The van der Waals surface area contributed by atoms with E-state index in [9.17, 15) is 4.79 Å². The summed E-state index contributed by atoms with van der Waals surface area (Å²) in [6.45, 7) is 4.56. The van der Waals surface area contributed by atoms with Gasteiger partial charge in [-0.05, 0) is 74.5 Å². The third-order valence-corrected chi connectivity index (χ3v) is 6.73. The molecule has 1 amide bonds. The largest absolute Gasteiger partial charge is 0.494 e. The molecule has 2 heterocycles. The van der Waals surface area contributed by atoms with Crippen LogP contribution in [-0.4, -0.2) is 39.2 Å². The van der Waals surface area contributed by atoms with Gasteiger partial charge in [-0.3, -0.25) is 9.36 Å². The number of amides is 1. The van der Waals surface area contributed by atoms with Crippen molar-refractivity contribution in [2.75, 3.05) is 12.4 Å². The zero-order chi connectivity index (χ0) is 23.9. The average Bonchev–Trinajstić information content (AvgIpc) is 3.45. The number of aromatic nitrogens is 3. The Morgan fingerprint density at radius 2 is 1.91 bits per heavy atom. The third kappa shape index (κ3) is 6.05. The van der Waals surface area contributed by atoms with Crippen molar-refractivity contribution >= 4 is 46.8 Å². The standard InChI is InChI=1S/C24H22ClN5O2S2/c1-3-32-20-11-9-19(10-12-20)30-23(17-5-7-18(25)8-6-17)28-29-24(30)33-15-22(31)27-26-14-21-13-4-16(2)34-21/h4-14H,3,15H2,1-2H3,(H,27,31). The number of ether oxygens (including phenoxy) is 1. The maximum Gasteiger partial charge on any atom is 0.250 e. The SMILES string of the molecule is CCOc1ccc(-n2c(SCC(=O)NN=Cc3ccc(C)s3)nnc2-c2ccc(Cl)cc2)cc1. The van der Waals surface area contributed by atoms with Crippen LogP contribution in [-0.2, 0) is 4.79 Å². The van der Waals surface area contributed by atoms with Crippen molar-refractivity contribution < 1.29 is 9.53 Å². The number of carbonyl (C=O) groups is 1. The molecule has 0 radical (unpaired) electrons. The van der Waals surface area contributed by atoms with Crippen LogP contribution in [0.2, 0.25) is 5.02 Å². The van der Waals surface area contributed by atoms with Gasteiger partial charge in [0.25, 0.3) is 5.91 Å². The lowest BCUT2D eigenvalue weighted by Crippen LogP contribution is -2.19. The minimum Gasteiger partial charge on any atom is -0.494 e. The lowest BCUT2D eigenvalue weighted by Gasteiger charge is -2.11. The van der Waals surface area contributed by atoms with E-state index in [4.69, 9.17) is 16.3 Å². The summed E-state index contributed by atoms with van der Waals surface area (Å²) in [5, 5.41) is 14.0. The molecule has 0 saturated carbocycles. The van der Waals surface area contributed by atoms with Crippen molar-refractivity contribution in [1.29, 1.82) is 0 Å². The number of carbonyl (C=O) groups excluding carboxylic acids is 1. The van der Waals surface area contributed by atoms with E-state index in [1.165, 1.54) is 16.6 Å². The van der Waals surface area contributed by atoms with E-state index in [2.05, 4.69) is 20.7 Å². The summed E-state index contributed by atoms with van der Waals surface area (Å²) >= 11 is 8.95. The smallest absolute Gasteiger partial charge is 0.250 e. The number of hydrogen-bond acceptors (Lipinski definition) is 7. The first-order chi connectivity index (χ1) is 16.5. The summed E-state index contributed by atoms with van der Waals surface area (Å²) in [6, 6.07) is 19.0. The van der Waals surface area contributed by atoms with Crippen molar-refractivity contribution in [2.24, 2.45) is 5.10 Å². The zero-order valence-electron chi connectivity index (χ0n) is 18.6. The van der Waals surface area contributed by atoms with E-state index in [0.717, 1.165) is 21.9 Å². The summed E-state index contributed by atoms with van der Waals surface area (Å²) in [4.78, 5) is 14.5. The van der Waals surface area contributed by atoms with Gasteiger partial charge in [0.1, 0.15) is 5.75 Å². The van der Waals surface area contributed by atoms with E-state index in [0.29, 0.717) is 22.6 Å². The van der Waals surface area contributed by atoms with Crippen molar-refractivity contribution in [3.8, 4) is 22.8 Å². The van der Waals surface area contributed by atoms with Crippen LogP contribution in [0.3, 0.4) is 0 Å². The summed E-state index contributed by atoms with van der Waals surface area (Å²) < 4.78 is 7.47. The molecule has 0 bridgehead atoms. The lowest BCUT2D eigenvalue weighted by atomic mass is 10.2. The molecule has 4 aromatic rings. The fraction of sp³-hybridized carbons (Fsp3) is 0.167. The van der Waals surface area contributed by atoms with Crippen molar-refractivity contribution in [3.63, 3.8) is 0 Å². The Bertz CT molecular complexity index is 1280. The molecule has 0 aliphatic carbocycles. The number of nitrogens with zero attached hydrogens (tertiary/aromatic N) is 4. The van der Waals surface area contributed by atoms with Gasteiger partial charge in [-0.1, -0.05) is 23.4 Å². The normalized spacial score (nSPS) is 11.1. The molecule has 7 nitrogen and oxygen atoms in total. The maximum absolute atomic E-state index is 12.4. The number of thioether (sulfide) groups is 1. The van der Waals surface area contributed by atoms with E-state index in [1.807, 2.05) is 66.9 Å². The molecule has 34 heavy (non-hydrogen) atoms. The Labute approximate surface area is 210 Å². The molecular formula is C24H22ClN5O2S2. The highest BCUT2D eigenvalue weighted by Crippen LogP contribution is 2.29. The molecule has 0 fully saturated rings. The number of nitrogens with one attached hydrogen (secondary N) is 1. The Kier molecular flexibility index (Phi) is 7.99. The van der Waals surface area contributed by atoms with E-state index < -0.39 is 0 Å². The highest BCUT2D eigenvalue weighted by atomic mass is 35.5. The Balaban J connectivity index is 1.53. The van der Waals surface area contributed by atoms with Crippen LogP contribution >= 0.6 is 34.7 Å². The fourth-order valence-electron chi connectivity index (χ4n) is 3.09. The molecule has 4 rings (SSSR count).